The minimum Gasteiger partial charge on any atom is -0.435 e. The number of carbonyl (C=O) groups is 2. The molecule has 150 valence electrons. The van der Waals surface area contributed by atoms with Crippen molar-refractivity contribution in [2.45, 2.75) is 85.2 Å². The highest BCUT2D eigenvalue weighted by Crippen LogP contribution is 2.73. The van der Waals surface area contributed by atoms with E-state index < -0.39 is 12.6 Å². The molecule has 0 bridgehead atoms. The van der Waals surface area contributed by atoms with E-state index in [0.717, 1.165) is 25.7 Å². The number of ether oxygens (including phenoxy) is 3. The highest BCUT2D eigenvalue weighted by atomic mass is 16.8. The van der Waals surface area contributed by atoms with Gasteiger partial charge in [-0.3, -0.25) is 9.59 Å². The Morgan fingerprint density at radius 2 is 1.85 bits per heavy atom. The summed E-state index contributed by atoms with van der Waals surface area (Å²) in [6.45, 7) is 8.78. The molecule has 2 saturated heterocycles. The lowest BCUT2D eigenvalue weighted by atomic mass is 9.38. The number of esters is 2. The second-order valence-corrected chi connectivity index (χ2v) is 10.7. The zero-order valence-corrected chi connectivity index (χ0v) is 17.0. The summed E-state index contributed by atoms with van der Waals surface area (Å²) in [7, 11) is 0. The lowest BCUT2D eigenvalue weighted by Gasteiger charge is -2.65. The summed E-state index contributed by atoms with van der Waals surface area (Å²) < 4.78 is 17.5. The predicted octanol–water partition coefficient (Wildman–Crippen LogP) is 4.04. The van der Waals surface area contributed by atoms with Gasteiger partial charge in [-0.05, 0) is 61.2 Å². The van der Waals surface area contributed by atoms with Crippen molar-refractivity contribution in [2.75, 3.05) is 0 Å². The number of rotatable bonds is 1. The van der Waals surface area contributed by atoms with Gasteiger partial charge in [0.05, 0.1) is 5.92 Å². The first-order valence-electron chi connectivity index (χ1n) is 10.7. The molecule has 0 amide bonds. The SMILES string of the molecule is CC(=O)OC1OC2OC(=O)C3CCC4C1(CC[C@H]1C(C)(C)CCC[C@]41C)[C@H]23. The normalized spacial score (nSPS) is 52.4. The second-order valence-electron chi connectivity index (χ2n) is 10.7. The largest absolute Gasteiger partial charge is 0.435 e. The second kappa shape index (κ2) is 5.49. The van der Waals surface area contributed by atoms with Crippen molar-refractivity contribution in [3.8, 4) is 0 Å². The highest BCUT2D eigenvalue weighted by molar-refractivity contribution is 5.76. The van der Waals surface area contributed by atoms with Gasteiger partial charge in [0.25, 0.3) is 0 Å². The third-order valence-corrected chi connectivity index (χ3v) is 9.21. The van der Waals surface area contributed by atoms with Crippen LogP contribution in [0.2, 0.25) is 0 Å². The molecule has 5 heteroatoms. The number of carbonyl (C=O) groups excluding carboxylic acids is 2. The monoisotopic (exact) mass is 376 g/mol. The molecule has 5 aliphatic rings. The summed E-state index contributed by atoms with van der Waals surface area (Å²) in [4.78, 5) is 24.3. The van der Waals surface area contributed by atoms with Crippen molar-refractivity contribution in [1.82, 2.24) is 0 Å². The van der Waals surface area contributed by atoms with Crippen molar-refractivity contribution in [1.29, 1.82) is 0 Å². The van der Waals surface area contributed by atoms with Gasteiger partial charge in [0.1, 0.15) is 0 Å². The van der Waals surface area contributed by atoms with Gasteiger partial charge in [-0.25, -0.2) is 0 Å². The van der Waals surface area contributed by atoms with Crippen LogP contribution in [0.4, 0.5) is 0 Å². The van der Waals surface area contributed by atoms with Crippen LogP contribution < -0.4 is 0 Å². The van der Waals surface area contributed by atoms with Gasteiger partial charge in [-0.1, -0.05) is 27.2 Å². The van der Waals surface area contributed by atoms with E-state index in [2.05, 4.69) is 20.8 Å². The molecule has 0 aromatic rings. The standard InChI is InChI=1S/C22H32O5/c1-12(23)25-19-22-11-8-14-20(2,3)9-5-10-21(14,4)15(22)7-6-13-16(22)18(27-19)26-17(13)24/h13-16,18-19H,5-11H2,1-4H3/t13?,14-,15?,16-,18?,19?,21-,22?/m0/s1. The van der Waals surface area contributed by atoms with Crippen molar-refractivity contribution in [3.63, 3.8) is 0 Å². The van der Waals surface area contributed by atoms with Crippen LogP contribution in [0.25, 0.3) is 0 Å². The Balaban J connectivity index is 1.61. The number of hydrogen-bond donors (Lipinski definition) is 0. The first-order chi connectivity index (χ1) is 12.7. The minimum atomic E-state index is -0.575. The molecular formula is C22H32O5. The molecule has 0 radical (unpaired) electrons. The third-order valence-electron chi connectivity index (χ3n) is 9.21. The summed E-state index contributed by atoms with van der Waals surface area (Å²) in [5.41, 5.74) is 0.264. The summed E-state index contributed by atoms with van der Waals surface area (Å²) in [5.74, 6) is 0.604. The van der Waals surface area contributed by atoms with Crippen molar-refractivity contribution >= 4 is 11.9 Å². The van der Waals surface area contributed by atoms with Gasteiger partial charge in [0, 0.05) is 18.3 Å². The average molecular weight is 376 g/mol. The lowest BCUT2D eigenvalue weighted by molar-refractivity contribution is -0.251. The summed E-state index contributed by atoms with van der Waals surface area (Å²) in [5, 5.41) is 0. The third kappa shape index (κ3) is 2.15. The maximum absolute atomic E-state index is 12.5. The molecule has 5 unspecified atom stereocenters. The average Bonchev–Trinajstić information content (AvgIpc) is 3.04. The van der Waals surface area contributed by atoms with Gasteiger partial charge in [0.15, 0.2) is 0 Å². The van der Waals surface area contributed by atoms with E-state index in [4.69, 9.17) is 14.2 Å². The fraction of sp³-hybridized carbons (Fsp3) is 0.909. The fourth-order valence-electron chi connectivity index (χ4n) is 8.45. The van der Waals surface area contributed by atoms with Gasteiger partial charge < -0.3 is 14.2 Å². The van der Waals surface area contributed by atoms with E-state index in [1.54, 1.807) is 0 Å². The Morgan fingerprint density at radius 3 is 2.59 bits per heavy atom. The molecule has 3 saturated carbocycles. The van der Waals surface area contributed by atoms with Gasteiger partial charge in [-0.15, -0.1) is 0 Å². The molecule has 3 aliphatic carbocycles. The van der Waals surface area contributed by atoms with Crippen LogP contribution in [-0.4, -0.2) is 24.5 Å². The predicted molar refractivity (Wildman–Crippen MR) is 97.1 cm³/mol. The lowest BCUT2D eigenvalue weighted by Crippen LogP contribution is -2.62. The van der Waals surface area contributed by atoms with Gasteiger partial charge >= 0.3 is 11.9 Å². The molecule has 8 atom stereocenters. The van der Waals surface area contributed by atoms with Crippen molar-refractivity contribution < 1.29 is 23.8 Å². The molecule has 2 heterocycles. The van der Waals surface area contributed by atoms with Crippen LogP contribution in [0.1, 0.15) is 72.6 Å². The molecule has 5 rings (SSSR count). The zero-order chi connectivity index (χ0) is 19.2. The molecule has 0 N–H and O–H groups in total. The molecule has 5 nitrogen and oxygen atoms in total. The Kier molecular flexibility index (Phi) is 3.65. The van der Waals surface area contributed by atoms with Gasteiger partial charge in [0.2, 0.25) is 12.6 Å². The van der Waals surface area contributed by atoms with E-state index in [-0.39, 0.29) is 34.6 Å². The van der Waals surface area contributed by atoms with Crippen LogP contribution in [0.5, 0.6) is 0 Å². The van der Waals surface area contributed by atoms with E-state index in [1.807, 2.05) is 0 Å². The highest BCUT2D eigenvalue weighted by Gasteiger charge is 2.75. The van der Waals surface area contributed by atoms with Crippen LogP contribution in [0.15, 0.2) is 0 Å². The first kappa shape index (κ1) is 18.0. The first-order valence-corrected chi connectivity index (χ1v) is 10.7. The minimum absolute atomic E-state index is 0.0379. The fourth-order valence-corrected chi connectivity index (χ4v) is 8.45. The number of hydrogen-bond acceptors (Lipinski definition) is 5. The maximum atomic E-state index is 12.5. The number of fused-ring (bicyclic) bond motifs is 2. The van der Waals surface area contributed by atoms with Crippen LogP contribution in [0.3, 0.4) is 0 Å². The Bertz CT molecular complexity index is 686. The molecule has 5 fully saturated rings. The van der Waals surface area contributed by atoms with E-state index >= 15 is 0 Å². The molecule has 0 aromatic heterocycles. The smallest absolute Gasteiger partial charge is 0.311 e. The summed E-state index contributed by atoms with van der Waals surface area (Å²) >= 11 is 0. The molecule has 0 aromatic carbocycles. The Labute approximate surface area is 161 Å². The van der Waals surface area contributed by atoms with Crippen LogP contribution >= 0.6 is 0 Å². The zero-order valence-electron chi connectivity index (χ0n) is 17.0. The van der Waals surface area contributed by atoms with Crippen molar-refractivity contribution in [3.05, 3.63) is 0 Å². The molecular weight excluding hydrogens is 344 g/mol. The molecule has 27 heavy (non-hydrogen) atoms. The van der Waals surface area contributed by atoms with Crippen LogP contribution in [-0.2, 0) is 23.8 Å². The van der Waals surface area contributed by atoms with Crippen molar-refractivity contribution in [2.24, 2.45) is 39.9 Å². The maximum Gasteiger partial charge on any atom is 0.311 e. The summed E-state index contributed by atoms with van der Waals surface area (Å²) in [6, 6.07) is 0. The van der Waals surface area contributed by atoms with E-state index in [0.29, 0.717) is 17.3 Å². The van der Waals surface area contributed by atoms with Gasteiger partial charge in [-0.2, -0.15) is 0 Å². The Morgan fingerprint density at radius 1 is 1.07 bits per heavy atom. The summed E-state index contributed by atoms with van der Waals surface area (Å²) in [6.07, 6.45) is 6.61. The topological polar surface area (TPSA) is 61.8 Å². The Hall–Kier alpha value is -1.10. The van der Waals surface area contributed by atoms with E-state index in [9.17, 15) is 9.59 Å². The van der Waals surface area contributed by atoms with E-state index in [1.165, 1.54) is 26.2 Å². The molecule has 2 aliphatic heterocycles. The quantitative estimate of drug-likeness (QED) is 0.646. The molecule has 1 spiro atoms. The van der Waals surface area contributed by atoms with Crippen LogP contribution in [0, 0.1) is 39.9 Å².